The minimum atomic E-state index is -3.81. The lowest BCUT2D eigenvalue weighted by atomic mass is 10.2. The van der Waals surface area contributed by atoms with E-state index < -0.39 is 26.9 Å². The quantitative estimate of drug-likeness (QED) is 0.804. The first-order valence-corrected chi connectivity index (χ1v) is 10.9. The second-order valence-corrected chi connectivity index (χ2v) is 9.26. The molecule has 2 aliphatic heterocycles. The van der Waals surface area contributed by atoms with Gasteiger partial charge in [0, 0.05) is 25.2 Å². The Balaban J connectivity index is 1.31. The molecule has 2 saturated heterocycles. The summed E-state index contributed by atoms with van der Waals surface area (Å²) in [5.74, 6) is -0.0830. The predicted molar refractivity (Wildman–Crippen MR) is 104 cm³/mol. The van der Waals surface area contributed by atoms with Gasteiger partial charge in [-0.25, -0.2) is 17.6 Å². The molecule has 0 radical (unpaired) electrons. The SMILES string of the molecule is O=C(Nc1ccc(O[C@H]2CCOC2)cc1)N1CC(S(=O)(=O)c2ccccc2F)C1. The van der Waals surface area contributed by atoms with Crippen LogP contribution in [0.1, 0.15) is 6.42 Å². The maximum Gasteiger partial charge on any atom is 0.321 e. The van der Waals surface area contributed by atoms with Crippen molar-refractivity contribution in [1.82, 2.24) is 4.90 Å². The van der Waals surface area contributed by atoms with Crippen molar-refractivity contribution in [2.75, 3.05) is 31.6 Å². The van der Waals surface area contributed by atoms with E-state index in [4.69, 9.17) is 9.47 Å². The van der Waals surface area contributed by atoms with Gasteiger partial charge in [-0.1, -0.05) is 12.1 Å². The smallest absolute Gasteiger partial charge is 0.321 e. The number of hydrogen-bond acceptors (Lipinski definition) is 5. The number of carbonyl (C=O) groups is 1. The molecule has 2 heterocycles. The molecule has 4 rings (SSSR count). The van der Waals surface area contributed by atoms with Gasteiger partial charge in [-0.05, 0) is 36.4 Å². The number of nitrogens with zero attached hydrogens (tertiary/aromatic N) is 1. The van der Waals surface area contributed by atoms with Crippen LogP contribution in [-0.2, 0) is 14.6 Å². The Hall–Kier alpha value is -2.65. The average Bonchev–Trinajstić information content (AvgIpc) is 3.15. The number of ether oxygens (including phenoxy) is 2. The summed E-state index contributed by atoms with van der Waals surface area (Å²) in [6.07, 6.45) is 0.898. The number of urea groups is 1. The number of carbonyl (C=O) groups excluding carboxylic acids is 1. The van der Waals surface area contributed by atoms with E-state index in [0.29, 0.717) is 24.7 Å². The highest BCUT2D eigenvalue weighted by molar-refractivity contribution is 7.92. The molecule has 154 valence electrons. The van der Waals surface area contributed by atoms with Crippen LogP contribution in [0.4, 0.5) is 14.9 Å². The van der Waals surface area contributed by atoms with E-state index in [1.54, 1.807) is 24.3 Å². The summed E-state index contributed by atoms with van der Waals surface area (Å²) in [6.45, 7) is 1.31. The maximum absolute atomic E-state index is 13.8. The monoisotopic (exact) mass is 420 g/mol. The molecule has 2 aliphatic rings. The number of rotatable bonds is 5. The summed E-state index contributed by atoms with van der Waals surface area (Å²) >= 11 is 0. The first-order chi connectivity index (χ1) is 13.9. The molecule has 2 aromatic carbocycles. The number of benzene rings is 2. The Kier molecular flexibility index (Phi) is 5.42. The molecule has 7 nitrogen and oxygen atoms in total. The third-order valence-corrected chi connectivity index (χ3v) is 7.13. The first kappa shape index (κ1) is 19.7. The molecule has 0 aromatic heterocycles. The summed E-state index contributed by atoms with van der Waals surface area (Å²) < 4.78 is 49.9. The molecule has 29 heavy (non-hydrogen) atoms. The van der Waals surface area contributed by atoms with Crippen LogP contribution >= 0.6 is 0 Å². The highest BCUT2D eigenvalue weighted by atomic mass is 32.2. The van der Waals surface area contributed by atoms with Gasteiger partial charge in [0.15, 0.2) is 9.84 Å². The zero-order chi connectivity index (χ0) is 20.4. The lowest BCUT2D eigenvalue weighted by Gasteiger charge is -2.38. The number of anilines is 1. The molecule has 1 atom stereocenters. The first-order valence-electron chi connectivity index (χ1n) is 9.32. The lowest BCUT2D eigenvalue weighted by molar-refractivity contribution is 0.141. The van der Waals surface area contributed by atoms with E-state index in [2.05, 4.69) is 5.32 Å². The molecule has 1 N–H and O–H groups in total. The van der Waals surface area contributed by atoms with Crippen molar-refractivity contribution in [1.29, 1.82) is 0 Å². The number of likely N-dealkylation sites (tertiary alicyclic amines) is 1. The van der Waals surface area contributed by atoms with Crippen molar-refractivity contribution in [2.24, 2.45) is 0 Å². The second kappa shape index (κ2) is 8.00. The van der Waals surface area contributed by atoms with Crippen molar-refractivity contribution >= 4 is 21.6 Å². The fraction of sp³-hybridized carbons (Fsp3) is 0.350. The van der Waals surface area contributed by atoms with E-state index in [1.807, 2.05) is 0 Å². The molecule has 0 spiro atoms. The second-order valence-electron chi connectivity index (χ2n) is 7.06. The van der Waals surface area contributed by atoms with Crippen molar-refractivity contribution < 1.29 is 27.1 Å². The Labute approximate surface area is 168 Å². The van der Waals surface area contributed by atoms with Gasteiger partial charge in [0.1, 0.15) is 27.8 Å². The molecule has 2 amide bonds. The average molecular weight is 420 g/mol. The molecule has 9 heteroatoms. The van der Waals surface area contributed by atoms with Gasteiger partial charge in [0.05, 0.1) is 13.2 Å². The van der Waals surface area contributed by atoms with Crippen LogP contribution in [0, 0.1) is 5.82 Å². The minimum absolute atomic E-state index is 0.0192. The fourth-order valence-corrected chi connectivity index (χ4v) is 4.99. The summed E-state index contributed by atoms with van der Waals surface area (Å²) in [7, 11) is -3.81. The van der Waals surface area contributed by atoms with Crippen LogP contribution in [0.2, 0.25) is 0 Å². The summed E-state index contributed by atoms with van der Waals surface area (Å²) in [5, 5.41) is 1.92. The predicted octanol–water partition coefficient (Wildman–Crippen LogP) is 2.68. The zero-order valence-electron chi connectivity index (χ0n) is 15.6. The van der Waals surface area contributed by atoms with E-state index in [-0.39, 0.29) is 24.1 Å². The zero-order valence-corrected chi connectivity index (χ0v) is 16.4. The van der Waals surface area contributed by atoms with Crippen LogP contribution in [0.25, 0.3) is 0 Å². The van der Waals surface area contributed by atoms with Gasteiger partial charge in [-0.2, -0.15) is 0 Å². The van der Waals surface area contributed by atoms with Gasteiger partial charge >= 0.3 is 6.03 Å². The number of nitrogens with one attached hydrogen (secondary N) is 1. The molecular formula is C20H21FN2O5S. The molecule has 0 aliphatic carbocycles. The molecular weight excluding hydrogens is 399 g/mol. The van der Waals surface area contributed by atoms with Gasteiger partial charge in [0.2, 0.25) is 0 Å². The summed E-state index contributed by atoms with van der Waals surface area (Å²) in [6, 6.07) is 11.8. The Bertz CT molecular complexity index is 984. The fourth-order valence-electron chi connectivity index (χ4n) is 3.27. The molecule has 0 unspecified atom stereocenters. The van der Waals surface area contributed by atoms with E-state index in [0.717, 1.165) is 12.5 Å². The van der Waals surface area contributed by atoms with Crippen LogP contribution in [0.3, 0.4) is 0 Å². The Morgan fingerprint density at radius 1 is 1.14 bits per heavy atom. The van der Waals surface area contributed by atoms with Crippen LogP contribution < -0.4 is 10.1 Å². The Morgan fingerprint density at radius 2 is 1.86 bits per heavy atom. The van der Waals surface area contributed by atoms with E-state index in [9.17, 15) is 17.6 Å². The van der Waals surface area contributed by atoms with Crippen molar-refractivity contribution in [3.05, 3.63) is 54.3 Å². The van der Waals surface area contributed by atoms with Gasteiger partial charge in [-0.15, -0.1) is 0 Å². The van der Waals surface area contributed by atoms with Crippen molar-refractivity contribution in [3.63, 3.8) is 0 Å². The minimum Gasteiger partial charge on any atom is -0.488 e. The number of amides is 2. The number of halogens is 1. The third kappa shape index (κ3) is 4.20. The van der Waals surface area contributed by atoms with Gasteiger partial charge in [-0.3, -0.25) is 0 Å². The van der Waals surface area contributed by atoms with Crippen molar-refractivity contribution in [2.45, 2.75) is 22.7 Å². The molecule has 2 aromatic rings. The topological polar surface area (TPSA) is 84.9 Å². The highest BCUT2D eigenvalue weighted by Gasteiger charge is 2.41. The lowest BCUT2D eigenvalue weighted by Crippen LogP contribution is -2.58. The maximum atomic E-state index is 13.8. The normalized spacial score (nSPS) is 19.6. The molecule has 0 saturated carbocycles. The summed E-state index contributed by atoms with van der Waals surface area (Å²) in [5.41, 5.74) is 0.574. The largest absolute Gasteiger partial charge is 0.488 e. The van der Waals surface area contributed by atoms with Crippen LogP contribution in [0.5, 0.6) is 5.75 Å². The standard InChI is InChI=1S/C20H21FN2O5S/c21-18-3-1-2-4-19(18)29(25,26)17-11-23(12-17)20(24)22-14-5-7-15(8-6-14)28-16-9-10-27-13-16/h1-8,16-17H,9-13H2,(H,22,24)/t16-/m0/s1. The van der Waals surface area contributed by atoms with E-state index in [1.165, 1.54) is 23.1 Å². The van der Waals surface area contributed by atoms with Crippen molar-refractivity contribution in [3.8, 4) is 5.75 Å². The van der Waals surface area contributed by atoms with Gasteiger partial charge < -0.3 is 19.7 Å². The highest BCUT2D eigenvalue weighted by Crippen LogP contribution is 2.26. The van der Waals surface area contributed by atoms with Crippen LogP contribution in [0.15, 0.2) is 53.4 Å². The molecule has 2 fully saturated rings. The summed E-state index contributed by atoms with van der Waals surface area (Å²) in [4.78, 5) is 13.4. The number of sulfone groups is 1. The third-order valence-electron chi connectivity index (χ3n) is 5.01. The number of hydrogen-bond donors (Lipinski definition) is 1. The molecule has 0 bridgehead atoms. The van der Waals surface area contributed by atoms with Gasteiger partial charge in [0.25, 0.3) is 0 Å². The van der Waals surface area contributed by atoms with E-state index >= 15 is 0 Å². The Morgan fingerprint density at radius 3 is 2.52 bits per heavy atom. The van der Waals surface area contributed by atoms with Crippen LogP contribution in [-0.4, -0.2) is 57.0 Å².